The van der Waals surface area contributed by atoms with Gasteiger partial charge < -0.3 is 14.2 Å². The molecule has 0 aliphatic rings. The van der Waals surface area contributed by atoms with Gasteiger partial charge in [-0.1, -0.05) is 24.8 Å². The number of hydrogen-bond acceptors (Lipinski definition) is 5. The number of halogens is 2. The Morgan fingerprint density at radius 2 is 1.48 bits per heavy atom. The Morgan fingerprint density at radius 3 is 1.84 bits per heavy atom. The molecule has 2 rings (SSSR count). The van der Waals surface area contributed by atoms with Crippen molar-refractivity contribution < 1.29 is 36.0 Å². The largest absolute Gasteiger partial charge is 0.490 e. The topological polar surface area (TPSA) is 82.1 Å². The molecular weight excluding hydrogens is 358 g/mol. The predicted molar refractivity (Wildman–Crippen MR) is 85.9 cm³/mol. The molecule has 0 atom stereocenters. The lowest BCUT2D eigenvalue weighted by molar-refractivity contribution is 0.307. The van der Waals surface area contributed by atoms with Gasteiger partial charge in [0, 0.05) is 0 Å². The van der Waals surface area contributed by atoms with Gasteiger partial charge in [0.05, 0.1) is 14.2 Å². The van der Waals surface area contributed by atoms with Crippen molar-refractivity contribution in [3.63, 3.8) is 0 Å². The van der Waals surface area contributed by atoms with Crippen LogP contribution in [0.15, 0.2) is 35.7 Å². The summed E-state index contributed by atoms with van der Waals surface area (Å²) in [6.07, 6.45) is 1.59. The Bertz CT molecular complexity index is 876. The van der Waals surface area contributed by atoms with E-state index in [9.17, 15) is 17.2 Å². The third-order valence-electron chi connectivity index (χ3n) is 3.21. The van der Waals surface area contributed by atoms with Crippen LogP contribution in [-0.4, -0.2) is 27.2 Å². The van der Waals surface area contributed by atoms with Gasteiger partial charge >= 0.3 is 10.1 Å². The van der Waals surface area contributed by atoms with Crippen molar-refractivity contribution in [2.24, 2.45) is 0 Å². The van der Waals surface area contributed by atoms with Crippen molar-refractivity contribution >= 4 is 16.2 Å². The van der Waals surface area contributed by atoms with Gasteiger partial charge in [-0.25, -0.2) is 8.78 Å². The van der Waals surface area contributed by atoms with Crippen molar-refractivity contribution in [1.29, 1.82) is 0 Å². The number of benzene rings is 2. The molecule has 2 aromatic rings. The molecule has 134 valence electrons. The predicted octanol–water partition coefficient (Wildman–Crippen LogP) is 3.66. The summed E-state index contributed by atoms with van der Waals surface area (Å²) in [6, 6.07) is 6.28. The lowest BCUT2D eigenvalue weighted by atomic mass is 10.2. The minimum atomic E-state index is -5.20. The van der Waals surface area contributed by atoms with E-state index in [4.69, 9.17) is 18.8 Å². The first-order valence-corrected chi connectivity index (χ1v) is 8.19. The third-order valence-corrected chi connectivity index (χ3v) is 4.09. The molecule has 25 heavy (non-hydrogen) atoms. The molecule has 0 unspecified atom stereocenters. The Hall–Kier alpha value is -2.65. The number of rotatable bonds is 6. The van der Waals surface area contributed by atoms with Crippen LogP contribution in [0.4, 0.5) is 8.78 Å². The van der Waals surface area contributed by atoms with E-state index in [0.717, 1.165) is 19.8 Å². The van der Waals surface area contributed by atoms with E-state index in [0.29, 0.717) is 0 Å². The second-order valence-electron chi connectivity index (χ2n) is 4.70. The number of hydrogen-bond donors (Lipinski definition) is 1. The van der Waals surface area contributed by atoms with Gasteiger partial charge in [0.1, 0.15) is 5.75 Å². The van der Waals surface area contributed by atoms with E-state index < -0.39 is 43.9 Å². The molecule has 0 radical (unpaired) electrons. The first kappa shape index (κ1) is 18.7. The van der Waals surface area contributed by atoms with Crippen LogP contribution in [-0.2, 0) is 10.1 Å². The van der Waals surface area contributed by atoms with Crippen LogP contribution < -0.4 is 14.2 Å². The van der Waals surface area contributed by atoms with Crippen molar-refractivity contribution in [1.82, 2.24) is 0 Å². The standard InChI is InChI=1S/C16H14F2O6S/c1-4-9-5-7-10(8-6-9)24-15-13(22-2)11(17)16(25(19,20)21)12(18)14(15)23-3/h4-8H,1H2,2-3H3,(H,19,20,21). The summed E-state index contributed by atoms with van der Waals surface area (Å²) in [7, 11) is -3.15. The maximum atomic E-state index is 14.4. The van der Waals surface area contributed by atoms with Crippen LogP contribution in [0.5, 0.6) is 23.0 Å². The molecule has 0 saturated carbocycles. The highest BCUT2D eigenvalue weighted by Crippen LogP contribution is 2.46. The highest BCUT2D eigenvalue weighted by atomic mass is 32.2. The van der Waals surface area contributed by atoms with Crippen LogP contribution in [0.25, 0.3) is 6.08 Å². The molecule has 1 N–H and O–H groups in total. The molecular formula is C16H14F2O6S. The number of ether oxygens (including phenoxy) is 3. The summed E-state index contributed by atoms with van der Waals surface area (Å²) in [5.41, 5.74) is 0.783. The quantitative estimate of drug-likeness (QED) is 0.780. The fourth-order valence-corrected chi connectivity index (χ4v) is 2.72. The average molecular weight is 372 g/mol. The lowest BCUT2D eigenvalue weighted by Gasteiger charge is -2.17. The maximum absolute atomic E-state index is 14.4. The van der Waals surface area contributed by atoms with Gasteiger partial charge in [-0.3, -0.25) is 4.55 Å². The van der Waals surface area contributed by atoms with Gasteiger partial charge in [0.25, 0.3) is 0 Å². The highest BCUT2D eigenvalue weighted by Gasteiger charge is 2.34. The smallest absolute Gasteiger partial charge is 0.300 e. The monoisotopic (exact) mass is 372 g/mol. The van der Waals surface area contributed by atoms with Gasteiger partial charge in [0.15, 0.2) is 16.5 Å². The Kier molecular flexibility index (Phi) is 5.29. The molecule has 0 aliphatic heterocycles. The Balaban J connectivity index is 2.69. The second kappa shape index (κ2) is 7.08. The van der Waals surface area contributed by atoms with Gasteiger partial charge in [0.2, 0.25) is 17.2 Å². The van der Waals surface area contributed by atoms with Crippen molar-refractivity contribution in [2.45, 2.75) is 4.90 Å². The fourth-order valence-electron chi connectivity index (χ4n) is 2.08. The van der Waals surface area contributed by atoms with Crippen molar-refractivity contribution in [3.05, 3.63) is 48.0 Å². The second-order valence-corrected chi connectivity index (χ2v) is 6.06. The van der Waals surface area contributed by atoms with Gasteiger partial charge in [-0.15, -0.1) is 0 Å². The normalized spacial score (nSPS) is 11.1. The van der Waals surface area contributed by atoms with E-state index in [1.54, 1.807) is 18.2 Å². The lowest BCUT2D eigenvalue weighted by Crippen LogP contribution is -2.10. The summed E-state index contributed by atoms with van der Waals surface area (Å²) in [5, 5.41) is 0. The maximum Gasteiger partial charge on any atom is 0.300 e. The first-order valence-electron chi connectivity index (χ1n) is 6.75. The zero-order chi connectivity index (χ0) is 18.8. The zero-order valence-electron chi connectivity index (χ0n) is 13.2. The van der Waals surface area contributed by atoms with Gasteiger partial charge in [-0.2, -0.15) is 8.42 Å². The van der Waals surface area contributed by atoms with Crippen molar-refractivity contribution in [3.8, 4) is 23.0 Å². The van der Waals surface area contributed by atoms with E-state index in [-0.39, 0.29) is 5.75 Å². The molecule has 0 amide bonds. The Morgan fingerprint density at radius 1 is 1.00 bits per heavy atom. The van der Waals surface area contributed by atoms with Gasteiger partial charge in [-0.05, 0) is 17.7 Å². The minimum absolute atomic E-state index is 0.181. The summed E-state index contributed by atoms with van der Waals surface area (Å²) in [4.78, 5) is -1.59. The van der Waals surface area contributed by atoms with Crippen molar-refractivity contribution in [2.75, 3.05) is 14.2 Å². The summed E-state index contributed by atoms with van der Waals surface area (Å²) in [6.45, 7) is 3.59. The van der Waals surface area contributed by atoms with Crippen LogP contribution >= 0.6 is 0 Å². The van der Waals surface area contributed by atoms with Crippen LogP contribution in [0.3, 0.4) is 0 Å². The molecule has 0 aliphatic carbocycles. The minimum Gasteiger partial charge on any atom is -0.490 e. The molecule has 0 heterocycles. The molecule has 0 aromatic heterocycles. The molecule has 2 aromatic carbocycles. The van der Waals surface area contributed by atoms with Crippen LogP contribution in [0, 0.1) is 11.6 Å². The number of methoxy groups -OCH3 is 2. The van der Waals surface area contributed by atoms with E-state index in [1.807, 2.05) is 0 Å². The first-order chi connectivity index (χ1) is 11.7. The SMILES string of the molecule is C=Cc1ccc(Oc2c(OC)c(F)c(S(=O)(=O)O)c(F)c2OC)cc1. The average Bonchev–Trinajstić information content (AvgIpc) is 2.54. The summed E-state index contributed by atoms with van der Waals surface area (Å²) < 4.78 is 75.3. The van der Waals surface area contributed by atoms with Crippen LogP contribution in [0.2, 0.25) is 0 Å². The molecule has 0 bridgehead atoms. The zero-order valence-corrected chi connectivity index (χ0v) is 14.1. The summed E-state index contributed by atoms with van der Waals surface area (Å²) >= 11 is 0. The summed E-state index contributed by atoms with van der Waals surface area (Å²) in [5.74, 6) is -5.08. The highest BCUT2D eigenvalue weighted by molar-refractivity contribution is 7.85. The molecule has 0 spiro atoms. The van der Waals surface area contributed by atoms with E-state index >= 15 is 0 Å². The Labute approximate surface area is 143 Å². The van der Waals surface area contributed by atoms with E-state index in [2.05, 4.69) is 6.58 Å². The third kappa shape index (κ3) is 3.57. The van der Waals surface area contributed by atoms with Crippen LogP contribution in [0.1, 0.15) is 5.56 Å². The van der Waals surface area contributed by atoms with E-state index in [1.165, 1.54) is 12.1 Å². The molecule has 6 nitrogen and oxygen atoms in total. The molecule has 9 heteroatoms. The molecule has 0 fully saturated rings. The fraction of sp³-hybridized carbons (Fsp3) is 0.125. The molecule has 0 saturated heterocycles.